The summed E-state index contributed by atoms with van der Waals surface area (Å²) in [4.78, 5) is 10.4. The summed E-state index contributed by atoms with van der Waals surface area (Å²) in [5.74, 6) is 0.975. The van der Waals surface area contributed by atoms with Crippen LogP contribution in [-0.4, -0.2) is 5.78 Å². The first-order valence-electron chi connectivity index (χ1n) is 7.49. The summed E-state index contributed by atoms with van der Waals surface area (Å²) < 4.78 is 0. The van der Waals surface area contributed by atoms with E-state index in [0.717, 1.165) is 18.8 Å². The predicted octanol–water partition coefficient (Wildman–Crippen LogP) is 6.12. The van der Waals surface area contributed by atoms with Crippen LogP contribution in [0.3, 0.4) is 0 Å². The van der Waals surface area contributed by atoms with E-state index in [9.17, 15) is 4.79 Å². The molecular weight excluding hydrogens is 232 g/mol. The summed E-state index contributed by atoms with van der Waals surface area (Å²) in [7, 11) is 0. The predicted molar refractivity (Wildman–Crippen MR) is 89.5 cm³/mol. The molecule has 0 spiro atoms. The van der Waals surface area contributed by atoms with Gasteiger partial charge in [-0.25, -0.2) is 0 Å². The van der Waals surface area contributed by atoms with Crippen molar-refractivity contribution in [1.29, 1.82) is 0 Å². The van der Waals surface area contributed by atoms with Crippen molar-refractivity contribution in [3.05, 3.63) is 36.5 Å². The molecule has 0 aliphatic rings. The molecule has 0 saturated carbocycles. The maximum absolute atomic E-state index is 10.4. The molecule has 0 aromatic carbocycles. The molecule has 0 unspecified atom stereocenters. The van der Waals surface area contributed by atoms with E-state index in [-0.39, 0.29) is 5.78 Å². The van der Waals surface area contributed by atoms with Crippen molar-refractivity contribution < 1.29 is 4.79 Å². The molecule has 0 atom stereocenters. The number of hydrogen-bond acceptors (Lipinski definition) is 1. The van der Waals surface area contributed by atoms with Gasteiger partial charge in [0.1, 0.15) is 0 Å². The van der Waals surface area contributed by atoms with Crippen molar-refractivity contribution in [2.75, 3.05) is 0 Å². The van der Waals surface area contributed by atoms with Crippen LogP contribution in [0.25, 0.3) is 0 Å². The Morgan fingerprint density at radius 2 is 1.53 bits per heavy atom. The highest BCUT2D eigenvalue weighted by Gasteiger charge is 1.80. The first-order chi connectivity index (χ1) is 9.04. The third-order valence-corrected chi connectivity index (χ3v) is 2.13. The fraction of sp³-hybridized carbons (Fsp3) is 0.611. The van der Waals surface area contributed by atoms with Gasteiger partial charge in [-0.15, -0.1) is 0 Å². The molecule has 0 aliphatic carbocycles. The molecule has 112 valence electrons. The number of unbranched alkanes of at least 4 members (excludes halogenated alkanes) is 1. The molecule has 0 aromatic rings. The largest absolute Gasteiger partial charge is 0.295 e. The van der Waals surface area contributed by atoms with Gasteiger partial charge in [0.15, 0.2) is 5.78 Å². The van der Waals surface area contributed by atoms with Gasteiger partial charge in [0, 0.05) is 0 Å². The van der Waals surface area contributed by atoms with Gasteiger partial charge in [0.25, 0.3) is 0 Å². The van der Waals surface area contributed by atoms with Crippen LogP contribution in [0.5, 0.6) is 0 Å². The topological polar surface area (TPSA) is 17.1 Å². The lowest BCUT2D eigenvalue weighted by molar-refractivity contribution is -0.112. The Hall–Kier alpha value is -1.11. The zero-order chi connectivity index (χ0) is 15.5. The fourth-order valence-corrected chi connectivity index (χ4v) is 0.725. The lowest BCUT2D eigenvalue weighted by Gasteiger charge is -1.90. The summed E-state index contributed by atoms with van der Waals surface area (Å²) in [6.45, 7) is 14.2. The Labute approximate surface area is 121 Å². The average Bonchev–Trinajstić information content (AvgIpc) is 2.40. The van der Waals surface area contributed by atoms with Crippen molar-refractivity contribution in [2.24, 2.45) is 5.92 Å². The monoisotopic (exact) mass is 266 g/mol. The first-order valence-corrected chi connectivity index (χ1v) is 7.49. The molecule has 0 radical (unpaired) electrons. The highest BCUT2D eigenvalue weighted by atomic mass is 16.1. The Bertz CT molecular complexity index is 244. The minimum absolute atomic E-state index is 0.0908. The van der Waals surface area contributed by atoms with Gasteiger partial charge < -0.3 is 0 Å². The zero-order valence-electron chi connectivity index (χ0n) is 14.1. The molecule has 1 nitrogen and oxygen atoms in total. The van der Waals surface area contributed by atoms with Crippen molar-refractivity contribution in [3.8, 4) is 0 Å². The van der Waals surface area contributed by atoms with Gasteiger partial charge in [-0.3, -0.25) is 4.79 Å². The van der Waals surface area contributed by atoms with Gasteiger partial charge in [-0.1, -0.05) is 71.4 Å². The number of hydrogen-bond donors (Lipinski definition) is 0. The van der Waals surface area contributed by atoms with E-state index in [4.69, 9.17) is 0 Å². The number of carbonyl (C=O) groups is 1. The maximum atomic E-state index is 10.4. The summed E-state index contributed by atoms with van der Waals surface area (Å²) in [5, 5.41) is 0. The smallest absolute Gasteiger partial charge is 0.152 e. The Balaban J connectivity index is -0.000000307. The van der Waals surface area contributed by atoms with E-state index in [0.29, 0.717) is 0 Å². The van der Waals surface area contributed by atoms with Crippen molar-refractivity contribution in [1.82, 2.24) is 0 Å². The second-order valence-corrected chi connectivity index (χ2v) is 4.35. The molecule has 19 heavy (non-hydrogen) atoms. The average molecular weight is 266 g/mol. The van der Waals surface area contributed by atoms with Crippen LogP contribution in [-0.2, 0) is 4.79 Å². The molecular formula is C18H34O. The summed E-state index contributed by atoms with van der Waals surface area (Å²) in [5.41, 5.74) is 0. The second-order valence-electron chi connectivity index (χ2n) is 4.35. The van der Waals surface area contributed by atoms with Crippen LogP contribution in [0.2, 0.25) is 0 Å². The maximum Gasteiger partial charge on any atom is 0.152 e. The number of allylic oxidation sites excluding steroid dienone is 6. The number of rotatable bonds is 6. The molecule has 0 bridgehead atoms. The van der Waals surface area contributed by atoms with E-state index >= 15 is 0 Å². The minimum atomic E-state index is 0.0908. The van der Waals surface area contributed by atoms with Crippen LogP contribution >= 0.6 is 0 Å². The molecule has 0 fully saturated rings. The van der Waals surface area contributed by atoms with Crippen LogP contribution < -0.4 is 0 Å². The van der Waals surface area contributed by atoms with E-state index in [1.807, 2.05) is 32.9 Å². The Morgan fingerprint density at radius 1 is 1.05 bits per heavy atom. The lowest BCUT2D eigenvalue weighted by Crippen LogP contribution is -1.77. The summed E-state index contributed by atoms with van der Waals surface area (Å²) in [6.07, 6.45) is 14.9. The number of carbonyl (C=O) groups excluding carboxylic acids is 1. The van der Waals surface area contributed by atoms with Crippen molar-refractivity contribution in [3.63, 3.8) is 0 Å². The van der Waals surface area contributed by atoms with Crippen LogP contribution in [0.4, 0.5) is 0 Å². The zero-order valence-corrected chi connectivity index (χ0v) is 14.1. The molecule has 1 heteroatoms. The lowest BCUT2D eigenvalue weighted by atomic mass is 10.2. The van der Waals surface area contributed by atoms with E-state index < -0.39 is 0 Å². The van der Waals surface area contributed by atoms with E-state index in [1.54, 1.807) is 19.1 Å². The van der Waals surface area contributed by atoms with Gasteiger partial charge in [0.05, 0.1) is 0 Å². The van der Waals surface area contributed by atoms with Gasteiger partial charge in [0.2, 0.25) is 0 Å². The van der Waals surface area contributed by atoms with Crippen molar-refractivity contribution in [2.45, 2.75) is 67.7 Å². The fourth-order valence-electron chi connectivity index (χ4n) is 0.725. The van der Waals surface area contributed by atoms with Crippen LogP contribution in [0.15, 0.2) is 36.5 Å². The minimum Gasteiger partial charge on any atom is -0.295 e. The van der Waals surface area contributed by atoms with Crippen LogP contribution in [0, 0.1) is 5.92 Å². The Kier molecular flexibility index (Phi) is 26.8. The quantitative estimate of drug-likeness (QED) is 0.245. The molecule has 0 aromatic heterocycles. The Morgan fingerprint density at radius 3 is 1.89 bits per heavy atom. The second kappa shape index (κ2) is 22.1. The normalized spacial score (nSPS) is 10.5. The van der Waals surface area contributed by atoms with Gasteiger partial charge in [-0.05, 0) is 38.7 Å². The molecule has 0 amide bonds. The molecule has 0 saturated heterocycles. The third-order valence-electron chi connectivity index (χ3n) is 2.13. The highest BCUT2D eigenvalue weighted by molar-refractivity contribution is 5.87. The van der Waals surface area contributed by atoms with Crippen molar-refractivity contribution >= 4 is 5.78 Å². The van der Waals surface area contributed by atoms with Gasteiger partial charge in [-0.2, -0.15) is 0 Å². The van der Waals surface area contributed by atoms with E-state index in [2.05, 4.69) is 32.9 Å². The number of ketones is 1. The molecule has 0 aliphatic heterocycles. The first kappa shape index (κ1) is 23.0. The van der Waals surface area contributed by atoms with Gasteiger partial charge >= 0.3 is 0 Å². The van der Waals surface area contributed by atoms with Crippen LogP contribution in [0.1, 0.15) is 67.7 Å². The molecule has 0 N–H and O–H groups in total. The van der Waals surface area contributed by atoms with E-state index in [1.165, 1.54) is 6.42 Å². The molecule has 0 rings (SSSR count). The standard InChI is InChI=1S/C11H16O.C5H12.C2H6/c1-3-4-5-6-7-8-9-10-11(2)12;1-4-5(2)3;1-2/h3-4,7-10H,5-6H2,1-2H3;5H,4H2,1-3H3;1-2H3/b4-3-,8-7+,10-9+;;. The summed E-state index contributed by atoms with van der Waals surface area (Å²) in [6, 6.07) is 0. The highest BCUT2D eigenvalue weighted by Crippen LogP contribution is 1.94. The summed E-state index contributed by atoms with van der Waals surface area (Å²) >= 11 is 0. The SMILES string of the molecule is C/C=C\CC/C=C/C=C/C(C)=O.CC.CCC(C)C. The third kappa shape index (κ3) is 38.3. The molecule has 0 heterocycles.